The summed E-state index contributed by atoms with van der Waals surface area (Å²) in [6, 6.07) is 8.87. The van der Waals surface area contributed by atoms with Crippen LogP contribution in [0.15, 0.2) is 36.4 Å². The van der Waals surface area contributed by atoms with Gasteiger partial charge in [-0.1, -0.05) is 23.8 Å². The lowest BCUT2D eigenvalue weighted by atomic mass is 9.96. The molecule has 0 fully saturated rings. The Morgan fingerprint density at radius 3 is 2.78 bits per heavy atom. The van der Waals surface area contributed by atoms with Crippen molar-refractivity contribution in [2.75, 3.05) is 5.32 Å². The quantitative estimate of drug-likeness (QED) is 0.755. The number of allylic oxidation sites excluding steroid dienone is 1. The first kappa shape index (κ1) is 19.0. The summed E-state index contributed by atoms with van der Waals surface area (Å²) in [5.74, 6) is 0.210. The number of nitrogens with one attached hydrogen (secondary N) is 2. The van der Waals surface area contributed by atoms with Crippen LogP contribution >= 0.6 is 11.6 Å². The highest BCUT2D eigenvalue weighted by Crippen LogP contribution is 2.33. The number of aromatic nitrogens is 2. The van der Waals surface area contributed by atoms with E-state index < -0.39 is 0 Å². The molecule has 1 aliphatic rings. The number of hydrogen-bond donors (Lipinski definition) is 2. The van der Waals surface area contributed by atoms with Gasteiger partial charge < -0.3 is 10.6 Å². The molecule has 0 aliphatic heterocycles. The molecule has 0 unspecified atom stereocenters. The lowest BCUT2D eigenvalue weighted by Gasteiger charge is -2.15. The number of nitriles is 1. The van der Waals surface area contributed by atoms with Crippen LogP contribution < -0.4 is 10.6 Å². The summed E-state index contributed by atoms with van der Waals surface area (Å²) < 4.78 is 1.90. The Bertz CT molecular complexity index is 894. The van der Waals surface area contributed by atoms with Crippen molar-refractivity contribution in [3.8, 4) is 6.07 Å². The van der Waals surface area contributed by atoms with Crippen LogP contribution in [-0.2, 0) is 6.54 Å². The highest BCUT2D eigenvalue weighted by Gasteiger charge is 2.26. The van der Waals surface area contributed by atoms with Gasteiger partial charge in [-0.2, -0.15) is 10.4 Å². The van der Waals surface area contributed by atoms with Crippen LogP contribution in [0.5, 0.6) is 0 Å². The van der Waals surface area contributed by atoms with E-state index in [1.165, 1.54) is 5.56 Å². The first-order chi connectivity index (χ1) is 13.0. The smallest absolute Gasteiger partial charge is 0.319 e. The van der Waals surface area contributed by atoms with Crippen LogP contribution in [-0.4, -0.2) is 21.9 Å². The molecular weight excluding hydrogens is 362 g/mol. The summed E-state index contributed by atoms with van der Waals surface area (Å²) in [4.78, 5) is 12.2. The van der Waals surface area contributed by atoms with Gasteiger partial charge in [-0.05, 0) is 44.5 Å². The molecule has 140 valence electrons. The third kappa shape index (κ3) is 4.50. The maximum absolute atomic E-state index is 12.2. The van der Waals surface area contributed by atoms with Gasteiger partial charge in [0.2, 0.25) is 0 Å². The number of urea groups is 1. The maximum atomic E-state index is 12.2. The second-order valence-electron chi connectivity index (χ2n) is 6.65. The molecule has 2 amide bonds. The van der Waals surface area contributed by atoms with E-state index in [-0.39, 0.29) is 18.0 Å². The number of halogens is 1. The van der Waals surface area contributed by atoms with Gasteiger partial charge in [0, 0.05) is 33.9 Å². The average Bonchev–Trinajstić information content (AvgIpc) is 3.19. The second kappa shape index (κ2) is 8.28. The highest BCUT2D eigenvalue weighted by molar-refractivity contribution is 6.30. The molecule has 1 aromatic heterocycles. The molecular formula is C20H22ClN5O. The van der Waals surface area contributed by atoms with Gasteiger partial charge in [0.05, 0.1) is 24.7 Å². The number of carbonyl (C=O) groups excluding carboxylic acids is 1. The fourth-order valence-corrected chi connectivity index (χ4v) is 3.64. The molecule has 0 saturated carbocycles. The molecule has 3 rings (SSSR count). The molecule has 2 N–H and O–H groups in total. The predicted octanol–water partition coefficient (Wildman–Crippen LogP) is 4.30. The number of hydrogen-bond acceptors (Lipinski definition) is 3. The van der Waals surface area contributed by atoms with Crippen molar-refractivity contribution in [3.63, 3.8) is 0 Å². The standard InChI is InChI=1S/C20H22ClN5O/c1-13-19(14(2)26(25-13)11-3-10-22)15-4-7-18(12-15)24-20(27)23-17-8-5-16(21)6-9-17/h4-9,15,18H,3,11-12H2,1-2H3,(H2,23,24,27)/t15-,18+/m0/s1. The van der Waals surface area contributed by atoms with E-state index in [4.69, 9.17) is 16.9 Å². The fraction of sp³-hybridized carbons (Fsp3) is 0.350. The Morgan fingerprint density at radius 2 is 2.07 bits per heavy atom. The average molecular weight is 384 g/mol. The van der Waals surface area contributed by atoms with Crippen LogP contribution in [0, 0.1) is 25.2 Å². The van der Waals surface area contributed by atoms with Crippen LogP contribution in [0.25, 0.3) is 0 Å². The molecule has 7 heteroatoms. The second-order valence-corrected chi connectivity index (χ2v) is 7.09. The van der Waals surface area contributed by atoms with Gasteiger partial charge in [0.15, 0.2) is 0 Å². The zero-order valence-electron chi connectivity index (χ0n) is 15.4. The summed E-state index contributed by atoms with van der Waals surface area (Å²) in [6.07, 6.45) is 5.38. The number of nitrogens with zero attached hydrogens (tertiary/aromatic N) is 3. The van der Waals surface area contributed by atoms with E-state index in [1.807, 2.05) is 24.6 Å². The van der Waals surface area contributed by atoms with Gasteiger partial charge in [0.25, 0.3) is 0 Å². The van der Waals surface area contributed by atoms with E-state index in [0.29, 0.717) is 23.7 Å². The topological polar surface area (TPSA) is 82.7 Å². The molecule has 0 bridgehead atoms. The first-order valence-electron chi connectivity index (χ1n) is 8.90. The SMILES string of the molecule is Cc1nn(CCC#N)c(C)c1[C@H]1C=C[C@@H](NC(=O)Nc2ccc(Cl)cc2)C1. The summed E-state index contributed by atoms with van der Waals surface area (Å²) >= 11 is 5.86. The van der Waals surface area contributed by atoms with Crippen LogP contribution in [0.1, 0.15) is 35.7 Å². The third-order valence-electron chi connectivity index (χ3n) is 4.75. The Morgan fingerprint density at radius 1 is 1.33 bits per heavy atom. The molecule has 2 aromatic rings. The van der Waals surface area contributed by atoms with Gasteiger partial charge in [-0.3, -0.25) is 4.68 Å². The van der Waals surface area contributed by atoms with Crippen molar-refractivity contribution < 1.29 is 4.79 Å². The van der Waals surface area contributed by atoms with Crippen LogP contribution in [0.3, 0.4) is 0 Å². The van der Waals surface area contributed by atoms with E-state index in [1.54, 1.807) is 24.3 Å². The number of aryl methyl sites for hydroxylation is 2. The third-order valence-corrected chi connectivity index (χ3v) is 5.00. The van der Waals surface area contributed by atoms with Crippen molar-refractivity contribution in [3.05, 3.63) is 58.4 Å². The molecule has 27 heavy (non-hydrogen) atoms. The van der Waals surface area contributed by atoms with Crippen molar-refractivity contribution in [2.24, 2.45) is 0 Å². The van der Waals surface area contributed by atoms with E-state index in [0.717, 1.165) is 17.8 Å². The summed E-state index contributed by atoms with van der Waals surface area (Å²) in [5, 5.41) is 19.8. The molecule has 1 aliphatic carbocycles. The summed E-state index contributed by atoms with van der Waals surface area (Å²) in [7, 11) is 0. The van der Waals surface area contributed by atoms with Gasteiger partial charge >= 0.3 is 6.03 Å². The molecule has 0 spiro atoms. The van der Waals surface area contributed by atoms with Crippen LogP contribution in [0.2, 0.25) is 5.02 Å². The predicted molar refractivity (Wildman–Crippen MR) is 106 cm³/mol. The van der Waals surface area contributed by atoms with Crippen molar-refractivity contribution in [2.45, 2.75) is 45.2 Å². The normalized spacial score (nSPS) is 18.3. The number of amides is 2. The molecule has 1 heterocycles. The maximum Gasteiger partial charge on any atom is 0.319 e. The Labute approximate surface area is 163 Å². The molecule has 0 radical (unpaired) electrons. The number of carbonyl (C=O) groups is 1. The van der Waals surface area contributed by atoms with E-state index >= 15 is 0 Å². The molecule has 2 atom stereocenters. The van der Waals surface area contributed by atoms with Crippen molar-refractivity contribution in [1.29, 1.82) is 5.26 Å². The molecule has 1 aromatic carbocycles. The number of anilines is 1. The van der Waals surface area contributed by atoms with Gasteiger partial charge in [0.1, 0.15) is 0 Å². The monoisotopic (exact) mass is 383 g/mol. The Hall–Kier alpha value is -2.78. The van der Waals surface area contributed by atoms with Gasteiger partial charge in [-0.25, -0.2) is 4.79 Å². The minimum Gasteiger partial charge on any atom is -0.332 e. The number of rotatable bonds is 5. The van der Waals surface area contributed by atoms with E-state index in [9.17, 15) is 4.79 Å². The van der Waals surface area contributed by atoms with Crippen molar-refractivity contribution in [1.82, 2.24) is 15.1 Å². The highest BCUT2D eigenvalue weighted by atomic mass is 35.5. The molecule has 0 saturated heterocycles. The Kier molecular flexibility index (Phi) is 5.82. The lowest BCUT2D eigenvalue weighted by molar-refractivity contribution is 0.250. The number of benzene rings is 1. The Balaban J connectivity index is 1.60. The summed E-state index contributed by atoms with van der Waals surface area (Å²) in [6.45, 7) is 4.63. The first-order valence-corrected chi connectivity index (χ1v) is 9.28. The van der Waals surface area contributed by atoms with Gasteiger partial charge in [-0.15, -0.1) is 0 Å². The zero-order chi connectivity index (χ0) is 19.4. The summed E-state index contributed by atoms with van der Waals surface area (Å²) in [5.41, 5.74) is 3.95. The fourth-order valence-electron chi connectivity index (χ4n) is 3.51. The molecule has 6 nitrogen and oxygen atoms in total. The van der Waals surface area contributed by atoms with Crippen LogP contribution in [0.4, 0.5) is 10.5 Å². The van der Waals surface area contributed by atoms with E-state index in [2.05, 4.69) is 27.9 Å². The lowest BCUT2D eigenvalue weighted by Crippen LogP contribution is -2.36. The zero-order valence-corrected chi connectivity index (χ0v) is 16.1. The van der Waals surface area contributed by atoms with Crippen molar-refractivity contribution >= 4 is 23.3 Å². The minimum absolute atomic E-state index is 0.0384. The largest absolute Gasteiger partial charge is 0.332 e. The minimum atomic E-state index is -0.245.